The van der Waals surface area contributed by atoms with Gasteiger partial charge >= 0.3 is 0 Å². The van der Waals surface area contributed by atoms with Gasteiger partial charge in [-0.1, -0.05) is 18.2 Å². The van der Waals surface area contributed by atoms with Crippen molar-refractivity contribution in [2.24, 2.45) is 5.73 Å². The van der Waals surface area contributed by atoms with Gasteiger partial charge in [0.25, 0.3) is 5.91 Å². The highest BCUT2D eigenvalue weighted by atomic mass is 16.2. The Kier molecular flexibility index (Phi) is 4.48. The molecule has 5 heteroatoms. The second-order valence-electron chi connectivity index (χ2n) is 6.38. The van der Waals surface area contributed by atoms with Crippen LogP contribution in [0.1, 0.15) is 42.1 Å². The van der Waals surface area contributed by atoms with Gasteiger partial charge in [0.15, 0.2) is 0 Å². The molecule has 2 heterocycles. The van der Waals surface area contributed by atoms with E-state index in [1.165, 1.54) is 0 Å². The molecule has 0 radical (unpaired) electrons. The van der Waals surface area contributed by atoms with Crippen LogP contribution < -0.4 is 5.73 Å². The molecule has 1 aliphatic heterocycles. The van der Waals surface area contributed by atoms with Gasteiger partial charge in [-0.3, -0.25) is 4.79 Å². The lowest BCUT2D eigenvalue weighted by atomic mass is 9.96. The zero-order chi connectivity index (χ0) is 16.4. The standard InChI is InChI=1S/C18H24N4O/c1-13-7-3-4-8-16(13)22-12-15(11-20-22)18(23)21-10-6-5-9-17(21)14(2)19/h3-4,7-8,11-12,14,17H,5-6,9-10,19H2,1-2H3. The number of benzene rings is 1. The Labute approximate surface area is 137 Å². The molecule has 5 nitrogen and oxygen atoms in total. The minimum absolute atomic E-state index is 0.00865. The molecule has 2 aromatic rings. The number of aromatic nitrogens is 2. The van der Waals surface area contributed by atoms with E-state index in [1.807, 2.05) is 49.2 Å². The zero-order valence-corrected chi connectivity index (χ0v) is 13.8. The van der Waals surface area contributed by atoms with E-state index in [-0.39, 0.29) is 18.0 Å². The summed E-state index contributed by atoms with van der Waals surface area (Å²) in [5.41, 5.74) is 8.82. The number of hydrogen-bond donors (Lipinski definition) is 1. The highest BCUT2D eigenvalue weighted by molar-refractivity contribution is 5.94. The van der Waals surface area contributed by atoms with Crippen molar-refractivity contribution in [3.8, 4) is 5.69 Å². The van der Waals surface area contributed by atoms with Crippen LogP contribution in [-0.2, 0) is 0 Å². The number of aryl methyl sites for hydroxylation is 1. The molecule has 0 aliphatic carbocycles. The molecular weight excluding hydrogens is 288 g/mol. The molecule has 2 unspecified atom stereocenters. The molecule has 2 N–H and O–H groups in total. The smallest absolute Gasteiger partial charge is 0.257 e. The quantitative estimate of drug-likeness (QED) is 0.947. The van der Waals surface area contributed by atoms with E-state index < -0.39 is 0 Å². The molecule has 1 aromatic carbocycles. The molecule has 2 atom stereocenters. The van der Waals surface area contributed by atoms with E-state index in [0.717, 1.165) is 37.1 Å². The first-order valence-corrected chi connectivity index (χ1v) is 8.25. The van der Waals surface area contributed by atoms with Crippen LogP contribution in [0.3, 0.4) is 0 Å². The fourth-order valence-corrected chi connectivity index (χ4v) is 3.31. The van der Waals surface area contributed by atoms with Crippen molar-refractivity contribution >= 4 is 5.91 Å². The third-order valence-electron chi connectivity index (χ3n) is 4.61. The van der Waals surface area contributed by atoms with Crippen molar-refractivity contribution in [3.05, 3.63) is 47.8 Å². The fourth-order valence-electron chi connectivity index (χ4n) is 3.31. The van der Waals surface area contributed by atoms with Crippen molar-refractivity contribution in [2.75, 3.05) is 6.54 Å². The summed E-state index contributed by atoms with van der Waals surface area (Å²) in [4.78, 5) is 14.8. The summed E-state index contributed by atoms with van der Waals surface area (Å²) < 4.78 is 1.77. The third kappa shape index (κ3) is 3.15. The van der Waals surface area contributed by atoms with E-state index in [2.05, 4.69) is 5.10 Å². The Bertz CT molecular complexity index is 692. The van der Waals surface area contributed by atoms with Gasteiger partial charge in [-0.15, -0.1) is 0 Å². The molecule has 0 saturated carbocycles. The summed E-state index contributed by atoms with van der Waals surface area (Å²) in [6, 6.07) is 8.12. The zero-order valence-electron chi connectivity index (χ0n) is 13.8. The number of nitrogens with zero attached hydrogens (tertiary/aromatic N) is 3. The van der Waals surface area contributed by atoms with Gasteiger partial charge in [0.1, 0.15) is 0 Å². The van der Waals surface area contributed by atoms with Crippen molar-refractivity contribution in [3.63, 3.8) is 0 Å². The number of para-hydroxylation sites is 1. The van der Waals surface area contributed by atoms with Gasteiger partial charge in [-0.25, -0.2) is 4.68 Å². The topological polar surface area (TPSA) is 64.2 Å². The molecule has 1 amide bonds. The number of piperidine rings is 1. The van der Waals surface area contributed by atoms with E-state index in [1.54, 1.807) is 10.9 Å². The number of amides is 1. The molecular formula is C18H24N4O. The van der Waals surface area contributed by atoms with Crippen LogP contribution >= 0.6 is 0 Å². The summed E-state index contributed by atoms with van der Waals surface area (Å²) in [5, 5.41) is 4.37. The van der Waals surface area contributed by atoms with E-state index >= 15 is 0 Å². The minimum atomic E-state index is -0.00865. The maximum Gasteiger partial charge on any atom is 0.257 e. The second-order valence-corrected chi connectivity index (χ2v) is 6.38. The van der Waals surface area contributed by atoms with Crippen LogP contribution in [0.15, 0.2) is 36.7 Å². The van der Waals surface area contributed by atoms with Gasteiger partial charge < -0.3 is 10.6 Å². The summed E-state index contributed by atoms with van der Waals surface area (Å²) in [6.07, 6.45) is 6.63. The highest BCUT2D eigenvalue weighted by Crippen LogP contribution is 2.22. The first-order valence-electron chi connectivity index (χ1n) is 8.25. The summed E-state index contributed by atoms with van der Waals surface area (Å²) in [7, 11) is 0. The predicted octanol–water partition coefficient (Wildman–Crippen LogP) is 2.52. The fraction of sp³-hybridized carbons (Fsp3) is 0.444. The van der Waals surface area contributed by atoms with Gasteiger partial charge in [0, 0.05) is 24.8 Å². The van der Waals surface area contributed by atoms with Crippen LogP contribution in [0.5, 0.6) is 0 Å². The Morgan fingerprint density at radius 3 is 2.87 bits per heavy atom. The van der Waals surface area contributed by atoms with E-state index in [0.29, 0.717) is 5.56 Å². The van der Waals surface area contributed by atoms with Crippen molar-refractivity contribution < 1.29 is 4.79 Å². The molecule has 1 aromatic heterocycles. The SMILES string of the molecule is Cc1ccccc1-n1cc(C(=O)N2CCCCC2C(C)N)cn1. The normalized spacial score (nSPS) is 19.6. The molecule has 0 bridgehead atoms. The monoisotopic (exact) mass is 312 g/mol. The summed E-state index contributed by atoms with van der Waals surface area (Å²) in [5.74, 6) is 0.0341. The first-order chi connectivity index (χ1) is 11.1. The largest absolute Gasteiger partial charge is 0.334 e. The first kappa shape index (κ1) is 15.7. The van der Waals surface area contributed by atoms with Crippen LogP contribution in [-0.4, -0.2) is 39.2 Å². The lowest BCUT2D eigenvalue weighted by molar-refractivity contribution is 0.0584. The Morgan fingerprint density at radius 2 is 2.13 bits per heavy atom. The minimum Gasteiger partial charge on any atom is -0.334 e. The lowest BCUT2D eigenvalue weighted by Crippen LogP contribution is -2.51. The number of likely N-dealkylation sites (tertiary alicyclic amines) is 1. The number of carbonyl (C=O) groups is 1. The van der Waals surface area contributed by atoms with E-state index in [4.69, 9.17) is 5.73 Å². The van der Waals surface area contributed by atoms with Crippen LogP contribution in [0.25, 0.3) is 5.69 Å². The van der Waals surface area contributed by atoms with E-state index in [9.17, 15) is 4.79 Å². The molecule has 1 saturated heterocycles. The summed E-state index contributed by atoms with van der Waals surface area (Å²) >= 11 is 0. The number of nitrogens with two attached hydrogens (primary N) is 1. The van der Waals surface area contributed by atoms with Crippen molar-refractivity contribution in [1.29, 1.82) is 0 Å². The summed E-state index contributed by atoms with van der Waals surface area (Å²) in [6.45, 7) is 4.79. The molecule has 122 valence electrons. The van der Waals surface area contributed by atoms with Crippen LogP contribution in [0.2, 0.25) is 0 Å². The number of carbonyl (C=O) groups excluding carboxylic acids is 1. The number of hydrogen-bond acceptors (Lipinski definition) is 3. The Balaban J connectivity index is 1.85. The maximum absolute atomic E-state index is 12.9. The van der Waals surface area contributed by atoms with Gasteiger partial charge in [0.2, 0.25) is 0 Å². The Morgan fingerprint density at radius 1 is 1.35 bits per heavy atom. The second kappa shape index (κ2) is 6.54. The van der Waals surface area contributed by atoms with Gasteiger partial charge in [-0.05, 0) is 44.7 Å². The highest BCUT2D eigenvalue weighted by Gasteiger charge is 2.30. The van der Waals surface area contributed by atoms with Crippen LogP contribution in [0, 0.1) is 6.92 Å². The predicted molar refractivity (Wildman–Crippen MR) is 90.6 cm³/mol. The maximum atomic E-state index is 12.9. The van der Waals surface area contributed by atoms with Crippen molar-refractivity contribution in [1.82, 2.24) is 14.7 Å². The molecule has 0 spiro atoms. The van der Waals surface area contributed by atoms with Crippen LogP contribution in [0.4, 0.5) is 0 Å². The van der Waals surface area contributed by atoms with Gasteiger partial charge in [0.05, 0.1) is 17.4 Å². The molecule has 3 rings (SSSR count). The van der Waals surface area contributed by atoms with Crippen molar-refractivity contribution in [2.45, 2.75) is 45.2 Å². The average Bonchev–Trinajstić information content (AvgIpc) is 3.04. The Hall–Kier alpha value is -2.14. The van der Waals surface area contributed by atoms with Gasteiger partial charge in [-0.2, -0.15) is 5.10 Å². The molecule has 23 heavy (non-hydrogen) atoms. The molecule has 1 aliphatic rings. The lowest BCUT2D eigenvalue weighted by Gasteiger charge is -2.37. The molecule has 1 fully saturated rings. The third-order valence-corrected chi connectivity index (χ3v) is 4.61. The number of rotatable bonds is 3. The average molecular weight is 312 g/mol.